The van der Waals surface area contributed by atoms with E-state index >= 15 is 0 Å². The Labute approximate surface area is 139 Å². The Bertz CT molecular complexity index is 822. The van der Waals surface area contributed by atoms with Gasteiger partial charge in [-0.05, 0) is 36.3 Å². The largest absolute Gasteiger partial charge is 0.494 e. The quantitative estimate of drug-likeness (QED) is 0.924. The Balaban J connectivity index is 1.99. The molecule has 2 heterocycles. The van der Waals surface area contributed by atoms with E-state index < -0.39 is 11.7 Å². The molecule has 2 bridgehead atoms. The maximum absolute atomic E-state index is 13.9. The van der Waals surface area contributed by atoms with Crippen LogP contribution < -0.4 is 10.5 Å². The van der Waals surface area contributed by atoms with Crippen LogP contribution in [0.5, 0.6) is 5.75 Å². The highest BCUT2D eigenvalue weighted by atomic mass is 19.1. The zero-order valence-corrected chi connectivity index (χ0v) is 13.5. The third-order valence-corrected chi connectivity index (χ3v) is 4.12. The number of nitrogens with two attached hydrogens (primary N) is 1. The number of amides is 1. The second-order valence-electron chi connectivity index (χ2n) is 5.70. The normalized spacial score (nSPS) is 16.5. The van der Waals surface area contributed by atoms with E-state index in [4.69, 9.17) is 10.5 Å². The van der Waals surface area contributed by atoms with Crippen LogP contribution in [0.3, 0.4) is 0 Å². The minimum absolute atomic E-state index is 0.202. The number of methoxy groups -OCH3 is 1. The number of hydrogen-bond donors (Lipinski definition) is 1. The van der Waals surface area contributed by atoms with E-state index in [1.807, 2.05) is 17.9 Å². The first-order chi connectivity index (χ1) is 11.5. The SMILES string of the molecule is COc1ccc(CN2C=C(C(N)=O)C3=NC=CC(C)=C2C3)cc1F. The molecule has 2 aliphatic rings. The topological polar surface area (TPSA) is 67.9 Å². The summed E-state index contributed by atoms with van der Waals surface area (Å²) in [6, 6.07) is 4.82. The summed E-state index contributed by atoms with van der Waals surface area (Å²) in [5.41, 5.74) is 9.34. The summed E-state index contributed by atoms with van der Waals surface area (Å²) in [5.74, 6) is -0.737. The minimum Gasteiger partial charge on any atom is -0.494 e. The number of primary amides is 1. The molecule has 0 spiro atoms. The Kier molecular flexibility index (Phi) is 4.20. The summed E-state index contributed by atoms with van der Waals surface area (Å²) in [7, 11) is 1.43. The summed E-state index contributed by atoms with van der Waals surface area (Å²) in [4.78, 5) is 17.9. The molecular formula is C18H18FN3O2. The Morgan fingerprint density at radius 2 is 2.25 bits per heavy atom. The number of nitrogens with zero attached hydrogens (tertiary/aromatic N) is 2. The molecule has 0 saturated heterocycles. The van der Waals surface area contributed by atoms with Gasteiger partial charge < -0.3 is 15.4 Å². The zero-order valence-electron chi connectivity index (χ0n) is 13.5. The molecule has 2 aliphatic heterocycles. The molecule has 2 N–H and O–H groups in total. The molecule has 0 radical (unpaired) electrons. The lowest BCUT2D eigenvalue weighted by molar-refractivity contribution is -0.114. The number of hydrogen-bond acceptors (Lipinski definition) is 4. The van der Waals surface area contributed by atoms with Crippen molar-refractivity contribution in [1.29, 1.82) is 0 Å². The highest BCUT2D eigenvalue weighted by Crippen LogP contribution is 2.29. The fraction of sp³-hybridized carbons (Fsp3) is 0.222. The van der Waals surface area contributed by atoms with Gasteiger partial charge in [0, 0.05) is 31.1 Å². The number of rotatable bonds is 4. The number of allylic oxidation sites excluding steroid dienone is 3. The van der Waals surface area contributed by atoms with Crippen LogP contribution in [0.1, 0.15) is 18.9 Å². The molecular weight excluding hydrogens is 309 g/mol. The second kappa shape index (κ2) is 6.31. The Morgan fingerprint density at radius 1 is 1.46 bits per heavy atom. The number of fused-ring (bicyclic) bond motifs is 2. The van der Waals surface area contributed by atoms with Gasteiger partial charge in [-0.25, -0.2) is 4.39 Å². The average Bonchev–Trinajstić information content (AvgIpc) is 2.70. The van der Waals surface area contributed by atoms with Gasteiger partial charge in [0.1, 0.15) is 0 Å². The number of halogens is 1. The fourth-order valence-corrected chi connectivity index (χ4v) is 2.83. The zero-order chi connectivity index (χ0) is 17.3. The molecule has 124 valence electrons. The van der Waals surface area contributed by atoms with Gasteiger partial charge in [-0.1, -0.05) is 6.07 Å². The van der Waals surface area contributed by atoms with Crippen molar-refractivity contribution in [2.24, 2.45) is 10.7 Å². The van der Waals surface area contributed by atoms with E-state index in [-0.39, 0.29) is 5.75 Å². The van der Waals surface area contributed by atoms with Crippen molar-refractivity contribution in [1.82, 2.24) is 4.90 Å². The van der Waals surface area contributed by atoms with Gasteiger partial charge in [0.25, 0.3) is 5.91 Å². The van der Waals surface area contributed by atoms with Crippen molar-refractivity contribution in [2.45, 2.75) is 19.9 Å². The van der Waals surface area contributed by atoms with Gasteiger partial charge in [0.2, 0.25) is 0 Å². The average molecular weight is 327 g/mol. The first-order valence-corrected chi connectivity index (χ1v) is 7.53. The van der Waals surface area contributed by atoms with Crippen molar-refractivity contribution < 1.29 is 13.9 Å². The van der Waals surface area contributed by atoms with Crippen LogP contribution >= 0.6 is 0 Å². The molecule has 1 amide bonds. The number of benzene rings is 1. The maximum atomic E-state index is 13.9. The molecule has 24 heavy (non-hydrogen) atoms. The minimum atomic E-state index is -0.522. The van der Waals surface area contributed by atoms with E-state index in [1.165, 1.54) is 13.2 Å². The van der Waals surface area contributed by atoms with Gasteiger partial charge in [-0.3, -0.25) is 9.79 Å². The van der Waals surface area contributed by atoms with Crippen molar-refractivity contribution >= 4 is 11.6 Å². The van der Waals surface area contributed by atoms with Crippen molar-refractivity contribution in [3.63, 3.8) is 0 Å². The smallest absolute Gasteiger partial charge is 0.252 e. The lowest BCUT2D eigenvalue weighted by atomic mass is 9.98. The highest BCUT2D eigenvalue weighted by Gasteiger charge is 2.26. The first-order valence-electron chi connectivity index (χ1n) is 7.53. The van der Waals surface area contributed by atoms with Gasteiger partial charge in [-0.15, -0.1) is 0 Å². The molecule has 3 rings (SSSR count). The van der Waals surface area contributed by atoms with Crippen LogP contribution in [0.25, 0.3) is 0 Å². The number of aliphatic imine (C=N–C) groups is 1. The summed E-state index contributed by atoms with van der Waals surface area (Å²) in [6.45, 7) is 2.40. The first kappa shape index (κ1) is 16.0. The number of carbonyl (C=O) groups excluding carboxylic acids is 1. The van der Waals surface area contributed by atoms with E-state index in [1.54, 1.807) is 24.5 Å². The second-order valence-corrected chi connectivity index (χ2v) is 5.70. The van der Waals surface area contributed by atoms with Crippen LogP contribution in [-0.4, -0.2) is 23.6 Å². The molecule has 1 aromatic carbocycles. The van der Waals surface area contributed by atoms with Crippen LogP contribution in [-0.2, 0) is 11.3 Å². The van der Waals surface area contributed by atoms with Crippen molar-refractivity contribution in [2.75, 3.05) is 7.11 Å². The van der Waals surface area contributed by atoms with Crippen molar-refractivity contribution in [3.05, 3.63) is 64.9 Å². The fourth-order valence-electron chi connectivity index (χ4n) is 2.83. The molecule has 0 aliphatic carbocycles. The molecule has 0 saturated carbocycles. The predicted octanol–water partition coefficient (Wildman–Crippen LogP) is 2.65. The molecule has 0 fully saturated rings. The monoisotopic (exact) mass is 327 g/mol. The van der Waals surface area contributed by atoms with Gasteiger partial charge in [-0.2, -0.15) is 0 Å². The molecule has 0 unspecified atom stereocenters. The Morgan fingerprint density at radius 3 is 2.92 bits per heavy atom. The van der Waals surface area contributed by atoms with Gasteiger partial charge in [0.05, 0.1) is 18.4 Å². The molecule has 1 aromatic rings. The van der Waals surface area contributed by atoms with Crippen LogP contribution in [0.4, 0.5) is 4.39 Å². The molecule has 0 atom stereocenters. The standard InChI is InChI=1S/C18H18FN3O2/c1-11-5-6-21-15-8-16(11)22(10-13(15)18(20)23)9-12-3-4-17(24-2)14(19)7-12/h3-7,10H,8-9H2,1-2H3,(H2,20,23). The lowest BCUT2D eigenvalue weighted by Crippen LogP contribution is -2.31. The summed E-state index contributed by atoms with van der Waals surface area (Å²) in [5, 5.41) is 0. The molecule has 5 nitrogen and oxygen atoms in total. The predicted molar refractivity (Wildman–Crippen MR) is 89.7 cm³/mol. The highest BCUT2D eigenvalue weighted by molar-refractivity contribution is 6.22. The van der Waals surface area contributed by atoms with Crippen LogP contribution in [0.15, 0.2) is 58.5 Å². The van der Waals surface area contributed by atoms with Gasteiger partial charge in [0.15, 0.2) is 11.6 Å². The van der Waals surface area contributed by atoms with E-state index in [0.29, 0.717) is 24.3 Å². The lowest BCUT2D eigenvalue weighted by Gasteiger charge is -2.30. The van der Waals surface area contributed by atoms with Crippen LogP contribution in [0.2, 0.25) is 0 Å². The van der Waals surface area contributed by atoms with Crippen molar-refractivity contribution in [3.8, 4) is 5.75 Å². The molecule has 6 heteroatoms. The summed E-state index contributed by atoms with van der Waals surface area (Å²) >= 11 is 0. The van der Waals surface area contributed by atoms with Crippen LogP contribution in [0, 0.1) is 5.82 Å². The van der Waals surface area contributed by atoms with E-state index in [0.717, 1.165) is 16.8 Å². The third-order valence-electron chi connectivity index (χ3n) is 4.12. The van der Waals surface area contributed by atoms with E-state index in [2.05, 4.69) is 4.99 Å². The molecule has 0 aromatic heterocycles. The summed E-state index contributed by atoms with van der Waals surface area (Å²) in [6.07, 6.45) is 5.78. The summed E-state index contributed by atoms with van der Waals surface area (Å²) < 4.78 is 18.9. The number of ether oxygens (including phenoxy) is 1. The third kappa shape index (κ3) is 2.95. The Hall–Kier alpha value is -2.89. The number of carbonyl (C=O) groups is 1. The maximum Gasteiger partial charge on any atom is 0.252 e. The van der Waals surface area contributed by atoms with E-state index in [9.17, 15) is 9.18 Å². The van der Waals surface area contributed by atoms with Gasteiger partial charge >= 0.3 is 0 Å².